The van der Waals surface area contributed by atoms with E-state index in [4.69, 9.17) is 5.73 Å². The van der Waals surface area contributed by atoms with Gasteiger partial charge in [0.1, 0.15) is 11.4 Å². The van der Waals surface area contributed by atoms with E-state index < -0.39 is 5.60 Å². The van der Waals surface area contributed by atoms with Gasteiger partial charge in [-0.1, -0.05) is 32.9 Å². The molecule has 0 aliphatic heterocycles. The lowest BCUT2D eigenvalue weighted by Gasteiger charge is -2.39. The lowest BCUT2D eigenvalue weighted by atomic mass is 9.72. The number of hydrogen-bond acceptors (Lipinski definition) is 2. The van der Waals surface area contributed by atoms with Gasteiger partial charge >= 0.3 is 0 Å². The summed E-state index contributed by atoms with van der Waals surface area (Å²) in [6, 6.07) is 5.82. The molecule has 1 aromatic rings. The maximum absolute atomic E-state index is 12.8. The second-order valence-corrected chi connectivity index (χ2v) is 4.82. The van der Waals surface area contributed by atoms with Crippen LogP contribution in [0.25, 0.3) is 0 Å². The Hall–Kier alpha value is -0.930. The summed E-state index contributed by atoms with van der Waals surface area (Å²) in [4.78, 5) is 0. The Kier molecular flexibility index (Phi) is 3.16. The molecule has 0 radical (unpaired) electrons. The molecule has 0 aliphatic carbocycles. The van der Waals surface area contributed by atoms with E-state index in [1.807, 2.05) is 20.8 Å². The molecule has 1 aromatic carbocycles. The van der Waals surface area contributed by atoms with Crippen LogP contribution in [0.1, 0.15) is 26.3 Å². The number of aliphatic hydroxyl groups is 1. The van der Waals surface area contributed by atoms with E-state index in [0.717, 1.165) is 0 Å². The van der Waals surface area contributed by atoms with Crippen molar-refractivity contribution in [1.82, 2.24) is 0 Å². The van der Waals surface area contributed by atoms with Crippen molar-refractivity contribution in [2.24, 2.45) is 11.1 Å². The minimum Gasteiger partial charge on any atom is -0.383 e. The van der Waals surface area contributed by atoms with E-state index in [1.54, 1.807) is 12.1 Å². The van der Waals surface area contributed by atoms with E-state index in [1.165, 1.54) is 12.1 Å². The summed E-state index contributed by atoms with van der Waals surface area (Å²) in [7, 11) is 0. The second-order valence-electron chi connectivity index (χ2n) is 4.82. The molecule has 84 valence electrons. The smallest absolute Gasteiger partial charge is 0.123 e. The molecule has 0 saturated heterocycles. The third-order valence-electron chi connectivity index (χ3n) is 2.86. The Morgan fingerprint density at radius 3 is 2.00 bits per heavy atom. The van der Waals surface area contributed by atoms with Crippen LogP contribution in [0.2, 0.25) is 0 Å². The Labute approximate surface area is 89.9 Å². The van der Waals surface area contributed by atoms with E-state index in [9.17, 15) is 9.50 Å². The maximum Gasteiger partial charge on any atom is 0.123 e. The molecule has 0 saturated carbocycles. The van der Waals surface area contributed by atoms with Gasteiger partial charge in [0.15, 0.2) is 0 Å². The minimum absolute atomic E-state index is 0.113. The number of rotatable bonds is 2. The first-order chi connectivity index (χ1) is 6.81. The molecule has 3 heteroatoms. The van der Waals surface area contributed by atoms with Crippen LogP contribution in [0.5, 0.6) is 0 Å². The van der Waals surface area contributed by atoms with Gasteiger partial charge in [-0.3, -0.25) is 0 Å². The zero-order chi connectivity index (χ0) is 11.7. The zero-order valence-corrected chi connectivity index (χ0v) is 9.42. The Morgan fingerprint density at radius 1 is 1.20 bits per heavy atom. The van der Waals surface area contributed by atoms with E-state index in [2.05, 4.69) is 0 Å². The molecule has 2 nitrogen and oxygen atoms in total. The Morgan fingerprint density at radius 2 is 1.67 bits per heavy atom. The van der Waals surface area contributed by atoms with Gasteiger partial charge in [-0.15, -0.1) is 0 Å². The Balaban J connectivity index is 3.18. The van der Waals surface area contributed by atoms with E-state index >= 15 is 0 Å². The zero-order valence-electron chi connectivity index (χ0n) is 9.42. The average Bonchev–Trinajstić information content (AvgIpc) is 2.16. The van der Waals surface area contributed by atoms with Crippen molar-refractivity contribution in [2.75, 3.05) is 6.54 Å². The van der Waals surface area contributed by atoms with Crippen molar-refractivity contribution in [1.29, 1.82) is 0 Å². The first kappa shape index (κ1) is 12.1. The molecule has 1 rings (SSSR count). The number of nitrogens with two attached hydrogens (primary N) is 1. The fourth-order valence-corrected chi connectivity index (χ4v) is 1.58. The van der Waals surface area contributed by atoms with Gasteiger partial charge in [0.2, 0.25) is 0 Å². The monoisotopic (exact) mass is 211 g/mol. The molecule has 0 aliphatic rings. The largest absolute Gasteiger partial charge is 0.383 e. The van der Waals surface area contributed by atoms with Gasteiger partial charge in [0, 0.05) is 6.54 Å². The van der Waals surface area contributed by atoms with Gasteiger partial charge in [-0.25, -0.2) is 4.39 Å². The fraction of sp³-hybridized carbons (Fsp3) is 0.500. The highest BCUT2D eigenvalue weighted by Crippen LogP contribution is 2.38. The van der Waals surface area contributed by atoms with Crippen molar-refractivity contribution in [3.05, 3.63) is 35.6 Å². The van der Waals surface area contributed by atoms with Crippen LogP contribution in [0.3, 0.4) is 0 Å². The molecule has 1 unspecified atom stereocenters. The number of halogens is 1. The first-order valence-corrected chi connectivity index (χ1v) is 5.00. The minimum atomic E-state index is -1.12. The highest BCUT2D eigenvalue weighted by Gasteiger charge is 2.40. The van der Waals surface area contributed by atoms with Crippen LogP contribution in [0, 0.1) is 11.2 Å². The van der Waals surface area contributed by atoms with Crippen molar-refractivity contribution in [3.63, 3.8) is 0 Å². The normalized spacial score (nSPS) is 16.1. The van der Waals surface area contributed by atoms with Gasteiger partial charge in [0.05, 0.1) is 0 Å². The fourth-order valence-electron chi connectivity index (χ4n) is 1.58. The first-order valence-electron chi connectivity index (χ1n) is 5.00. The van der Waals surface area contributed by atoms with Crippen LogP contribution >= 0.6 is 0 Å². The highest BCUT2D eigenvalue weighted by molar-refractivity contribution is 5.25. The Bertz CT molecular complexity index is 328. The van der Waals surface area contributed by atoms with E-state index in [0.29, 0.717) is 5.56 Å². The molecule has 3 N–H and O–H groups in total. The molecule has 0 amide bonds. The summed E-state index contributed by atoms with van der Waals surface area (Å²) in [5, 5.41) is 10.5. The quantitative estimate of drug-likeness (QED) is 0.786. The molecular weight excluding hydrogens is 193 g/mol. The van der Waals surface area contributed by atoms with Gasteiger partial charge < -0.3 is 10.8 Å². The highest BCUT2D eigenvalue weighted by atomic mass is 19.1. The van der Waals surface area contributed by atoms with Gasteiger partial charge in [-0.05, 0) is 23.1 Å². The van der Waals surface area contributed by atoms with Gasteiger partial charge in [-0.2, -0.15) is 0 Å². The molecule has 0 fully saturated rings. The summed E-state index contributed by atoms with van der Waals surface area (Å²) in [5.74, 6) is -0.313. The van der Waals surface area contributed by atoms with Crippen LogP contribution in [0.15, 0.2) is 24.3 Å². The SMILES string of the molecule is CC(C)(C)C(O)(CN)c1ccc(F)cc1. The van der Waals surface area contributed by atoms with Gasteiger partial charge in [0.25, 0.3) is 0 Å². The van der Waals surface area contributed by atoms with Crippen LogP contribution in [-0.4, -0.2) is 11.7 Å². The van der Waals surface area contributed by atoms with Crippen molar-refractivity contribution >= 4 is 0 Å². The molecule has 15 heavy (non-hydrogen) atoms. The van der Waals surface area contributed by atoms with Crippen molar-refractivity contribution in [2.45, 2.75) is 26.4 Å². The summed E-state index contributed by atoms with van der Waals surface area (Å²) < 4.78 is 12.8. The summed E-state index contributed by atoms with van der Waals surface area (Å²) in [6.07, 6.45) is 0. The van der Waals surface area contributed by atoms with Crippen LogP contribution in [-0.2, 0) is 5.60 Å². The van der Waals surface area contributed by atoms with E-state index in [-0.39, 0.29) is 17.8 Å². The number of benzene rings is 1. The van der Waals surface area contributed by atoms with Crippen molar-refractivity contribution in [3.8, 4) is 0 Å². The summed E-state index contributed by atoms with van der Waals surface area (Å²) >= 11 is 0. The third-order valence-corrected chi connectivity index (χ3v) is 2.86. The topological polar surface area (TPSA) is 46.2 Å². The maximum atomic E-state index is 12.8. The molecule has 0 spiro atoms. The lowest BCUT2D eigenvalue weighted by Crippen LogP contribution is -2.46. The molecular formula is C12H18FNO. The molecule has 1 atom stereocenters. The van der Waals surface area contributed by atoms with Crippen molar-refractivity contribution < 1.29 is 9.50 Å². The summed E-state index contributed by atoms with van der Waals surface area (Å²) in [6.45, 7) is 5.83. The molecule has 0 bridgehead atoms. The lowest BCUT2D eigenvalue weighted by molar-refractivity contribution is -0.0557. The second kappa shape index (κ2) is 3.91. The predicted molar refractivity (Wildman–Crippen MR) is 58.8 cm³/mol. The van der Waals surface area contributed by atoms with Crippen LogP contribution < -0.4 is 5.73 Å². The predicted octanol–water partition coefficient (Wildman–Crippen LogP) is 2.02. The average molecular weight is 211 g/mol. The standard InChI is InChI=1S/C12H18FNO/c1-11(2,3)12(15,8-14)9-4-6-10(13)7-5-9/h4-7,15H,8,14H2,1-3H3. The molecule has 0 heterocycles. The number of hydrogen-bond donors (Lipinski definition) is 2. The third kappa shape index (κ3) is 2.19. The van der Waals surface area contributed by atoms with Crippen LogP contribution in [0.4, 0.5) is 4.39 Å². The summed E-state index contributed by atoms with van der Waals surface area (Å²) in [5.41, 5.74) is 4.76. The molecule has 0 aromatic heterocycles.